The molecular weight excluding hydrogens is 362 g/mol. The van der Waals surface area contributed by atoms with Crippen LogP contribution in [0.2, 0.25) is 0 Å². The lowest BCUT2D eigenvalue weighted by atomic mass is 10.1. The van der Waals surface area contributed by atoms with Gasteiger partial charge in [-0.15, -0.1) is 11.3 Å². The minimum Gasteiger partial charge on any atom is -0.459 e. The maximum Gasteiger partial charge on any atom is 0.291 e. The molecule has 0 unspecified atom stereocenters. The van der Waals surface area contributed by atoms with Gasteiger partial charge in [0, 0.05) is 19.1 Å². The zero-order chi connectivity index (χ0) is 19.1. The molecule has 0 spiro atoms. The molecule has 0 saturated heterocycles. The molecule has 7 heteroatoms. The highest BCUT2D eigenvalue weighted by molar-refractivity contribution is 7.18. The van der Waals surface area contributed by atoms with Gasteiger partial charge in [0.2, 0.25) is 0 Å². The first-order chi connectivity index (χ1) is 13.1. The van der Waals surface area contributed by atoms with Crippen LogP contribution in [0.4, 0.5) is 5.00 Å². The van der Waals surface area contributed by atoms with Gasteiger partial charge in [-0.25, -0.2) is 0 Å². The molecular formula is C20H27N3O3S. The summed E-state index contributed by atoms with van der Waals surface area (Å²) in [5.74, 6) is -0.170. The number of furan rings is 1. The fourth-order valence-corrected chi connectivity index (χ4v) is 4.35. The number of amides is 2. The van der Waals surface area contributed by atoms with Crippen molar-refractivity contribution in [3.63, 3.8) is 0 Å². The molecule has 0 atom stereocenters. The number of carbonyl (C=O) groups is 2. The molecule has 27 heavy (non-hydrogen) atoms. The summed E-state index contributed by atoms with van der Waals surface area (Å²) in [6.07, 6.45) is 9.19. The van der Waals surface area contributed by atoms with Crippen molar-refractivity contribution in [1.29, 1.82) is 0 Å². The highest BCUT2D eigenvalue weighted by Gasteiger charge is 2.16. The summed E-state index contributed by atoms with van der Waals surface area (Å²) in [5.41, 5.74) is 0.851. The van der Waals surface area contributed by atoms with E-state index in [9.17, 15) is 9.59 Å². The van der Waals surface area contributed by atoms with Gasteiger partial charge in [-0.2, -0.15) is 0 Å². The lowest BCUT2D eigenvalue weighted by Crippen LogP contribution is -2.36. The van der Waals surface area contributed by atoms with Crippen LogP contribution in [0.1, 0.15) is 64.3 Å². The van der Waals surface area contributed by atoms with E-state index >= 15 is 0 Å². The van der Waals surface area contributed by atoms with Crippen molar-refractivity contribution in [2.24, 2.45) is 0 Å². The largest absolute Gasteiger partial charge is 0.459 e. The fourth-order valence-electron chi connectivity index (χ4n) is 3.37. The molecule has 2 heterocycles. The molecule has 1 aliphatic rings. The zero-order valence-electron chi connectivity index (χ0n) is 15.7. The first-order valence-corrected chi connectivity index (χ1v) is 10.4. The van der Waals surface area contributed by atoms with E-state index in [1.54, 1.807) is 12.1 Å². The van der Waals surface area contributed by atoms with E-state index in [0.29, 0.717) is 22.5 Å². The molecule has 2 aromatic rings. The summed E-state index contributed by atoms with van der Waals surface area (Å²) < 4.78 is 5.08. The molecule has 1 fully saturated rings. The van der Waals surface area contributed by atoms with Gasteiger partial charge in [0.05, 0.1) is 16.1 Å². The van der Waals surface area contributed by atoms with E-state index in [1.165, 1.54) is 56.1 Å². The average molecular weight is 390 g/mol. The number of aryl methyl sites for hydroxylation is 1. The van der Waals surface area contributed by atoms with Crippen LogP contribution in [-0.2, 0) is 0 Å². The molecule has 1 saturated carbocycles. The number of rotatable bonds is 7. The first-order valence-electron chi connectivity index (χ1n) is 9.60. The van der Waals surface area contributed by atoms with E-state index in [-0.39, 0.29) is 17.6 Å². The SMILES string of the molecule is Cc1cc(NC(=O)c2ccco2)sc1C(=O)NCCNC1CCCCCC1. The summed E-state index contributed by atoms with van der Waals surface area (Å²) in [6.45, 7) is 3.25. The molecule has 0 radical (unpaired) electrons. The van der Waals surface area contributed by atoms with Gasteiger partial charge in [0.1, 0.15) is 0 Å². The molecule has 2 aromatic heterocycles. The number of nitrogens with one attached hydrogen (secondary N) is 3. The summed E-state index contributed by atoms with van der Waals surface area (Å²) in [5, 5.41) is 9.92. The number of anilines is 1. The Morgan fingerprint density at radius 1 is 1.15 bits per heavy atom. The van der Waals surface area contributed by atoms with Crippen LogP contribution in [0, 0.1) is 6.92 Å². The molecule has 0 aromatic carbocycles. The van der Waals surface area contributed by atoms with E-state index in [2.05, 4.69) is 16.0 Å². The summed E-state index contributed by atoms with van der Waals surface area (Å²) in [4.78, 5) is 25.1. The Labute approximate surface area is 163 Å². The number of carbonyl (C=O) groups excluding carboxylic acids is 2. The lowest BCUT2D eigenvalue weighted by Gasteiger charge is -2.16. The topological polar surface area (TPSA) is 83.4 Å². The van der Waals surface area contributed by atoms with Crippen molar-refractivity contribution >= 4 is 28.2 Å². The van der Waals surface area contributed by atoms with Crippen molar-refractivity contribution in [3.8, 4) is 0 Å². The van der Waals surface area contributed by atoms with Gasteiger partial charge >= 0.3 is 0 Å². The smallest absolute Gasteiger partial charge is 0.291 e. The van der Waals surface area contributed by atoms with Gasteiger partial charge < -0.3 is 20.4 Å². The summed E-state index contributed by atoms with van der Waals surface area (Å²) in [7, 11) is 0. The Bertz CT molecular complexity index is 747. The van der Waals surface area contributed by atoms with E-state index < -0.39 is 0 Å². The lowest BCUT2D eigenvalue weighted by molar-refractivity contribution is 0.0955. The van der Waals surface area contributed by atoms with Gasteiger partial charge in [0.15, 0.2) is 5.76 Å². The van der Waals surface area contributed by atoms with Gasteiger partial charge in [0.25, 0.3) is 11.8 Å². The molecule has 6 nitrogen and oxygen atoms in total. The molecule has 3 N–H and O–H groups in total. The number of hydrogen-bond acceptors (Lipinski definition) is 5. The maximum absolute atomic E-state index is 12.4. The number of thiophene rings is 1. The number of hydrogen-bond donors (Lipinski definition) is 3. The highest BCUT2D eigenvalue weighted by Crippen LogP contribution is 2.27. The van der Waals surface area contributed by atoms with Gasteiger partial charge in [-0.3, -0.25) is 9.59 Å². The van der Waals surface area contributed by atoms with Crippen LogP contribution in [0.25, 0.3) is 0 Å². The Balaban J connectivity index is 1.45. The van der Waals surface area contributed by atoms with Crippen LogP contribution in [0.15, 0.2) is 28.9 Å². The predicted molar refractivity (Wildman–Crippen MR) is 108 cm³/mol. The van der Waals surface area contributed by atoms with Gasteiger partial charge in [-0.05, 0) is 43.5 Å². The van der Waals surface area contributed by atoms with Crippen LogP contribution < -0.4 is 16.0 Å². The van der Waals surface area contributed by atoms with E-state index in [0.717, 1.165) is 12.1 Å². The maximum atomic E-state index is 12.4. The third kappa shape index (κ3) is 5.68. The Morgan fingerprint density at radius 2 is 1.93 bits per heavy atom. The zero-order valence-corrected chi connectivity index (χ0v) is 16.5. The van der Waals surface area contributed by atoms with Crippen molar-refractivity contribution < 1.29 is 14.0 Å². The third-order valence-corrected chi connectivity index (χ3v) is 5.96. The van der Waals surface area contributed by atoms with Crippen LogP contribution >= 0.6 is 11.3 Å². The van der Waals surface area contributed by atoms with E-state index in [4.69, 9.17) is 4.42 Å². The standard InChI is InChI=1S/C20H27N3O3S/c1-14-13-17(23-19(24)16-9-6-12-26-16)27-18(14)20(25)22-11-10-21-15-7-4-2-3-5-8-15/h6,9,12-13,15,21H,2-5,7-8,10-11H2,1H3,(H,22,25)(H,23,24). The van der Waals surface area contributed by atoms with Crippen molar-refractivity contribution in [2.75, 3.05) is 18.4 Å². The normalized spacial score (nSPS) is 15.3. The van der Waals surface area contributed by atoms with Crippen LogP contribution in [-0.4, -0.2) is 30.9 Å². The average Bonchev–Trinajstić information content (AvgIpc) is 3.23. The predicted octanol–water partition coefficient (Wildman–Crippen LogP) is 3.94. The third-order valence-electron chi connectivity index (χ3n) is 4.80. The van der Waals surface area contributed by atoms with Gasteiger partial charge in [-0.1, -0.05) is 25.7 Å². The highest BCUT2D eigenvalue weighted by atomic mass is 32.1. The second kappa shape index (κ2) is 9.71. The Morgan fingerprint density at radius 3 is 2.63 bits per heavy atom. The molecule has 146 valence electrons. The molecule has 1 aliphatic carbocycles. The molecule has 0 bridgehead atoms. The summed E-state index contributed by atoms with van der Waals surface area (Å²) in [6, 6.07) is 5.65. The van der Waals surface area contributed by atoms with Crippen molar-refractivity contribution in [1.82, 2.24) is 10.6 Å². The molecule has 2 amide bonds. The van der Waals surface area contributed by atoms with E-state index in [1.807, 2.05) is 13.0 Å². The minimum atomic E-state index is -0.319. The van der Waals surface area contributed by atoms with Crippen LogP contribution in [0.3, 0.4) is 0 Å². The van der Waals surface area contributed by atoms with Crippen molar-refractivity contribution in [2.45, 2.75) is 51.5 Å². The second-order valence-electron chi connectivity index (χ2n) is 6.95. The first kappa shape index (κ1) is 19.6. The minimum absolute atomic E-state index is 0.0985. The molecule has 0 aliphatic heterocycles. The van der Waals surface area contributed by atoms with Crippen LogP contribution in [0.5, 0.6) is 0 Å². The van der Waals surface area contributed by atoms with Crippen molar-refractivity contribution in [3.05, 3.63) is 40.7 Å². The quantitative estimate of drug-likeness (QED) is 0.495. The fraction of sp³-hybridized carbons (Fsp3) is 0.500. The second-order valence-corrected chi connectivity index (χ2v) is 8.00. The summed E-state index contributed by atoms with van der Waals surface area (Å²) >= 11 is 1.28. The Hall–Kier alpha value is -2.12. The Kier molecular flexibility index (Phi) is 7.06. The molecule has 3 rings (SSSR count). The monoisotopic (exact) mass is 389 g/mol.